The molecule has 3 nitrogen and oxygen atoms in total. The number of aromatic nitrogens is 1. The van der Waals surface area contributed by atoms with Gasteiger partial charge in [0.15, 0.2) is 0 Å². The minimum atomic E-state index is -0.884. The highest BCUT2D eigenvalue weighted by molar-refractivity contribution is 6.42. The van der Waals surface area contributed by atoms with Crippen molar-refractivity contribution >= 4 is 28.9 Å². The van der Waals surface area contributed by atoms with Gasteiger partial charge in [-0.15, -0.1) is 0 Å². The van der Waals surface area contributed by atoms with E-state index in [1.54, 1.807) is 43.6 Å². The number of anilines is 1. The zero-order valence-corrected chi connectivity index (χ0v) is 11.7. The van der Waals surface area contributed by atoms with Gasteiger partial charge in [0, 0.05) is 23.6 Å². The lowest BCUT2D eigenvalue weighted by atomic mass is 9.95. The van der Waals surface area contributed by atoms with Gasteiger partial charge in [-0.1, -0.05) is 29.3 Å². The van der Waals surface area contributed by atoms with Crippen molar-refractivity contribution in [2.24, 2.45) is 0 Å². The smallest absolute Gasteiger partial charge is 0.149 e. The summed E-state index contributed by atoms with van der Waals surface area (Å²) in [4.78, 5) is 4.03. The normalized spacial score (nSPS) is 13.4. The predicted molar refractivity (Wildman–Crippen MR) is 77.3 cm³/mol. The molecule has 0 radical (unpaired) electrons. The van der Waals surface area contributed by atoms with Crippen LogP contribution in [0.4, 0.5) is 5.69 Å². The molecule has 1 heterocycles. The van der Waals surface area contributed by atoms with Gasteiger partial charge in [-0.05, 0) is 31.2 Å². The van der Waals surface area contributed by atoms with Crippen molar-refractivity contribution in [2.45, 2.75) is 12.5 Å². The standard InChI is InChI=1S/C14H11Cl2N3/c1-14(9-17,10-3-2-6-18-8-10)19-11-4-5-12(15)13(16)7-11/h2-8,19H,1H3. The van der Waals surface area contributed by atoms with Crippen LogP contribution in [0, 0.1) is 11.3 Å². The van der Waals surface area contributed by atoms with Crippen molar-refractivity contribution in [3.63, 3.8) is 0 Å². The maximum absolute atomic E-state index is 9.42. The summed E-state index contributed by atoms with van der Waals surface area (Å²) in [7, 11) is 0. The van der Waals surface area contributed by atoms with Gasteiger partial charge in [0.05, 0.1) is 16.1 Å². The Morgan fingerprint density at radius 1 is 1.26 bits per heavy atom. The van der Waals surface area contributed by atoms with Gasteiger partial charge in [-0.25, -0.2) is 0 Å². The van der Waals surface area contributed by atoms with Gasteiger partial charge in [0.1, 0.15) is 5.54 Å². The van der Waals surface area contributed by atoms with Gasteiger partial charge in [0.2, 0.25) is 0 Å². The summed E-state index contributed by atoms with van der Waals surface area (Å²) in [6.45, 7) is 1.78. The van der Waals surface area contributed by atoms with Crippen LogP contribution < -0.4 is 5.32 Å². The molecule has 0 amide bonds. The fourth-order valence-electron chi connectivity index (χ4n) is 1.69. The zero-order valence-electron chi connectivity index (χ0n) is 10.2. The Morgan fingerprint density at radius 3 is 2.63 bits per heavy atom. The first-order valence-electron chi connectivity index (χ1n) is 5.60. The van der Waals surface area contributed by atoms with E-state index in [-0.39, 0.29) is 0 Å². The Balaban J connectivity index is 2.34. The maximum atomic E-state index is 9.42. The van der Waals surface area contributed by atoms with E-state index in [2.05, 4.69) is 16.4 Å². The molecule has 19 heavy (non-hydrogen) atoms. The minimum absolute atomic E-state index is 0.443. The third kappa shape index (κ3) is 2.98. The molecule has 1 N–H and O–H groups in total. The zero-order chi connectivity index (χ0) is 13.9. The van der Waals surface area contributed by atoms with Crippen LogP contribution in [0.5, 0.6) is 0 Å². The number of nitrogens with one attached hydrogen (secondary N) is 1. The molecule has 2 aromatic rings. The van der Waals surface area contributed by atoms with Crippen LogP contribution in [0.25, 0.3) is 0 Å². The summed E-state index contributed by atoms with van der Waals surface area (Å²) in [5.41, 5.74) is 0.622. The Hall–Kier alpha value is -1.76. The van der Waals surface area contributed by atoms with Crippen molar-refractivity contribution < 1.29 is 0 Å². The summed E-state index contributed by atoms with van der Waals surface area (Å²) in [6.07, 6.45) is 3.33. The Kier molecular flexibility index (Phi) is 3.94. The number of benzene rings is 1. The molecule has 1 aromatic heterocycles. The molecule has 1 unspecified atom stereocenters. The quantitative estimate of drug-likeness (QED) is 0.920. The van der Waals surface area contributed by atoms with Gasteiger partial charge < -0.3 is 5.32 Å². The lowest BCUT2D eigenvalue weighted by molar-refractivity contribution is 0.702. The fourth-order valence-corrected chi connectivity index (χ4v) is 1.98. The molecular weight excluding hydrogens is 281 g/mol. The van der Waals surface area contributed by atoms with Crippen LogP contribution in [-0.4, -0.2) is 4.98 Å². The first-order chi connectivity index (χ1) is 9.05. The summed E-state index contributed by atoms with van der Waals surface area (Å²) < 4.78 is 0. The average molecular weight is 292 g/mol. The molecule has 0 aliphatic heterocycles. The molecule has 96 valence electrons. The summed E-state index contributed by atoms with van der Waals surface area (Å²) >= 11 is 11.8. The highest BCUT2D eigenvalue weighted by atomic mass is 35.5. The molecular formula is C14H11Cl2N3. The van der Waals surface area contributed by atoms with E-state index < -0.39 is 5.54 Å². The third-order valence-electron chi connectivity index (χ3n) is 2.78. The monoisotopic (exact) mass is 291 g/mol. The van der Waals surface area contributed by atoms with Gasteiger partial charge in [-0.2, -0.15) is 5.26 Å². The fraction of sp³-hybridized carbons (Fsp3) is 0.143. The van der Waals surface area contributed by atoms with E-state index in [1.165, 1.54) is 0 Å². The SMILES string of the molecule is CC(C#N)(Nc1ccc(Cl)c(Cl)c1)c1cccnc1. The molecule has 2 rings (SSSR count). The van der Waals surface area contributed by atoms with Gasteiger partial charge in [-0.3, -0.25) is 4.98 Å². The molecule has 0 fully saturated rings. The van der Waals surface area contributed by atoms with Crippen molar-refractivity contribution in [1.82, 2.24) is 4.98 Å². The molecule has 0 spiro atoms. The van der Waals surface area contributed by atoms with E-state index in [0.29, 0.717) is 10.0 Å². The van der Waals surface area contributed by atoms with E-state index in [9.17, 15) is 5.26 Å². The average Bonchev–Trinajstić information content (AvgIpc) is 2.44. The molecule has 1 aromatic carbocycles. The summed E-state index contributed by atoms with van der Waals surface area (Å²) in [5, 5.41) is 13.5. The second kappa shape index (κ2) is 5.48. The minimum Gasteiger partial charge on any atom is -0.364 e. The highest BCUT2D eigenvalue weighted by Crippen LogP contribution is 2.29. The Bertz CT molecular complexity index is 622. The Morgan fingerprint density at radius 2 is 2.05 bits per heavy atom. The highest BCUT2D eigenvalue weighted by Gasteiger charge is 2.26. The van der Waals surface area contributed by atoms with Crippen molar-refractivity contribution in [1.29, 1.82) is 5.26 Å². The Labute approximate surface area is 121 Å². The third-order valence-corrected chi connectivity index (χ3v) is 3.52. The van der Waals surface area contributed by atoms with Crippen LogP contribution in [0.2, 0.25) is 10.0 Å². The van der Waals surface area contributed by atoms with Gasteiger partial charge in [0.25, 0.3) is 0 Å². The number of pyridine rings is 1. The first kappa shape index (κ1) is 13.7. The number of rotatable bonds is 3. The number of nitriles is 1. The molecule has 0 bridgehead atoms. The molecule has 0 aliphatic rings. The first-order valence-corrected chi connectivity index (χ1v) is 6.36. The number of hydrogen-bond acceptors (Lipinski definition) is 3. The lowest BCUT2D eigenvalue weighted by Crippen LogP contribution is -2.30. The number of nitrogens with zero attached hydrogens (tertiary/aromatic N) is 2. The number of hydrogen-bond donors (Lipinski definition) is 1. The van der Waals surface area contributed by atoms with E-state index in [1.807, 2.05) is 6.07 Å². The lowest BCUT2D eigenvalue weighted by Gasteiger charge is -2.24. The number of halogens is 2. The second-order valence-corrected chi connectivity index (χ2v) is 5.05. The van der Waals surface area contributed by atoms with Gasteiger partial charge >= 0.3 is 0 Å². The van der Waals surface area contributed by atoms with E-state index >= 15 is 0 Å². The molecule has 0 saturated carbocycles. The molecule has 5 heteroatoms. The summed E-state index contributed by atoms with van der Waals surface area (Å²) in [6, 6.07) is 11.0. The largest absolute Gasteiger partial charge is 0.364 e. The summed E-state index contributed by atoms with van der Waals surface area (Å²) in [5.74, 6) is 0. The van der Waals surface area contributed by atoms with Crippen LogP contribution in [0.3, 0.4) is 0 Å². The van der Waals surface area contributed by atoms with Crippen LogP contribution >= 0.6 is 23.2 Å². The van der Waals surface area contributed by atoms with Crippen molar-refractivity contribution in [3.8, 4) is 6.07 Å². The molecule has 1 atom stereocenters. The van der Waals surface area contributed by atoms with Crippen molar-refractivity contribution in [3.05, 3.63) is 58.3 Å². The van der Waals surface area contributed by atoms with Crippen molar-refractivity contribution in [2.75, 3.05) is 5.32 Å². The topological polar surface area (TPSA) is 48.7 Å². The van der Waals surface area contributed by atoms with Crippen LogP contribution in [-0.2, 0) is 5.54 Å². The van der Waals surface area contributed by atoms with E-state index in [4.69, 9.17) is 23.2 Å². The second-order valence-electron chi connectivity index (χ2n) is 4.23. The molecule has 0 saturated heterocycles. The van der Waals surface area contributed by atoms with Crippen LogP contribution in [0.15, 0.2) is 42.7 Å². The maximum Gasteiger partial charge on any atom is 0.149 e. The van der Waals surface area contributed by atoms with E-state index in [0.717, 1.165) is 11.3 Å². The predicted octanol–water partition coefficient (Wildman–Crippen LogP) is 4.24. The molecule has 0 aliphatic carbocycles. The van der Waals surface area contributed by atoms with Crippen LogP contribution in [0.1, 0.15) is 12.5 Å².